The van der Waals surface area contributed by atoms with Crippen molar-refractivity contribution >= 4 is 22.9 Å². The molecule has 0 saturated heterocycles. The van der Waals surface area contributed by atoms with Gasteiger partial charge in [-0.05, 0) is 23.6 Å². The van der Waals surface area contributed by atoms with Crippen molar-refractivity contribution < 1.29 is 9.32 Å². The molecule has 1 amide bonds. The lowest BCUT2D eigenvalue weighted by molar-refractivity contribution is 0.0964. The van der Waals surface area contributed by atoms with Gasteiger partial charge in [0.05, 0.1) is 17.0 Å². The number of hydrogen-bond donors (Lipinski definition) is 2. The number of para-hydroxylation sites is 1. The lowest BCUT2D eigenvalue weighted by Gasteiger charge is -2.08. The number of anilines is 1. The minimum absolute atomic E-state index is 0.145. The second-order valence-electron chi connectivity index (χ2n) is 4.47. The second kappa shape index (κ2) is 6.40. The Morgan fingerprint density at radius 2 is 2.14 bits per heavy atom. The molecule has 0 unspecified atom stereocenters. The van der Waals surface area contributed by atoms with Gasteiger partial charge in [-0.25, -0.2) is 0 Å². The fourth-order valence-electron chi connectivity index (χ4n) is 1.97. The molecular weight excluding hydrogens is 300 g/mol. The zero-order chi connectivity index (χ0) is 15.4. The van der Waals surface area contributed by atoms with Crippen LogP contribution in [0.3, 0.4) is 0 Å². The van der Waals surface area contributed by atoms with Crippen molar-refractivity contribution in [3.05, 3.63) is 53.2 Å². The lowest BCUT2D eigenvalue weighted by atomic mass is 10.1. The van der Waals surface area contributed by atoms with Gasteiger partial charge in [0.15, 0.2) is 0 Å². The van der Waals surface area contributed by atoms with E-state index in [1.54, 1.807) is 24.5 Å². The van der Waals surface area contributed by atoms with Crippen molar-refractivity contribution in [2.75, 3.05) is 12.4 Å². The van der Waals surface area contributed by atoms with Crippen molar-refractivity contribution in [2.45, 2.75) is 6.54 Å². The Morgan fingerprint density at radius 1 is 1.27 bits per heavy atom. The van der Waals surface area contributed by atoms with Crippen molar-refractivity contribution in [3.63, 3.8) is 0 Å². The number of rotatable bonds is 5. The van der Waals surface area contributed by atoms with Crippen molar-refractivity contribution in [3.8, 4) is 10.7 Å². The number of thiophene rings is 1. The van der Waals surface area contributed by atoms with E-state index in [0.29, 0.717) is 23.8 Å². The third-order valence-electron chi connectivity index (χ3n) is 3.04. The van der Waals surface area contributed by atoms with E-state index in [9.17, 15) is 4.79 Å². The van der Waals surface area contributed by atoms with Gasteiger partial charge in [-0.3, -0.25) is 4.79 Å². The summed E-state index contributed by atoms with van der Waals surface area (Å²) in [6, 6.07) is 11.1. The summed E-state index contributed by atoms with van der Waals surface area (Å²) in [4.78, 5) is 17.1. The maximum absolute atomic E-state index is 11.8. The molecule has 2 N–H and O–H groups in total. The predicted molar refractivity (Wildman–Crippen MR) is 84.8 cm³/mol. The molecule has 0 fully saturated rings. The van der Waals surface area contributed by atoms with Crippen molar-refractivity contribution in [1.29, 1.82) is 0 Å². The van der Waals surface area contributed by atoms with E-state index in [1.807, 2.05) is 35.7 Å². The Morgan fingerprint density at radius 3 is 2.91 bits per heavy atom. The molecule has 3 rings (SSSR count). The highest BCUT2D eigenvalue weighted by molar-refractivity contribution is 7.13. The lowest BCUT2D eigenvalue weighted by Crippen LogP contribution is -2.19. The molecule has 0 saturated carbocycles. The van der Waals surface area contributed by atoms with Crippen LogP contribution >= 0.6 is 11.3 Å². The Labute approximate surface area is 131 Å². The Balaban J connectivity index is 1.72. The Bertz CT molecular complexity index is 767. The van der Waals surface area contributed by atoms with Crippen LogP contribution in [-0.4, -0.2) is 23.1 Å². The number of carbonyl (C=O) groups is 1. The number of hydrogen-bond acceptors (Lipinski definition) is 6. The van der Waals surface area contributed by atoms with Gasteiger partial charge in [-0.1, -0.05) is 23.4 Å². The third-order valence-corrected chi connectivity index (χ3v) is 3.90. The van der Waals surface area contributed by atoms with Gasteiger partial charge in [-0.15, -0.1) is 11.3 Å². The van der Waals surface area contributed by atoms with Gasteiger partial charge in [0, 0.05) is 12.7 Å². The zero-order valence-corrected chi connectivity index (χ0v) is 12.7. The maximum Gasteiger partial charge on any atom is 0.253 e. The fourth-order valence-corrected chi connectivity index (χ4v) is 2.62. The highest BCUT2D eigenvalue weighted by Gasteiger charge is 2.12. The molecule has 0 radical (unpaired) electrons. The molecular formula is C15H14N4O2S. The van der Waals surface area contributed by atoms with Gasteiger partial charge < -0.3 is 15.2 Å². The van der Waals surface area contributed by atoms with Crippen LogP contribution in [0.2, 0.25) is 0 Å². The van der Waals surface area contributed by atoms with Crippen LogP contribution in [0.4, 0.5) is 5.69 Å². The SMILES string of the molecule is CNC(=O)c1ccccc1NCc1nc(-c2cccs2)no1. The molecule has 0 bridgehead atoms. The molecule has 3 aromatic rings. The van der Waals surface area contributed by atoms with Crippen molar-refractivity contribution in [2.24, 2.45) is 0 Å². The summed E-state index contributed by atoms with van der Waals surface area (Å²) in [7, 11) is 1.60. The number of nitrogens with one attached hydrogen (secondary N) is 2. The van der Waals surface area contributed by atoms with Crippen LogP contribution in [0.5, 0.6) is 0 Å². The summed E-state index contributed by atoms with van der Waals surface area (Å²) in [6.45, 7) is 0.354. The van der Waals surface area contributed by atoms with Gasteiger partial charge in [-0.2, -0.15) is 4.98 Å². The van der Waals surface area contributed by atoms with Crippen molar-refractivity contribution in [1.82, 2.24) is 15.5 Å². The van der Waals surface area contributed by atoms with E-state index < -0.39 is 0 Å². The number of benzene rings is 1. The maximum atomic E-state index is 11.8. The first-order valence-electron chi connectivity index (χ1n) is 6.69. The van der Waals surface area contributed by atoms with E-state index in [1.165, 1.54) is 0 Å². The predicted octanol–water partition coefficient (Wildman–Crippen LogP) is 2.77. The van der Waals surface area contributed by atoms with E-state index in [0.717, 1.165) is 10.6 Å². The molecule has 22 heavy (non-hydrogen) atoms. The molecule has 0 aliphatic heterocycles. The number of nitrogens with zero attached hydrogens (tertiary/aromatic N) is 2. The van der Waals surface area contributed by atoms with Gasteiger partial charge >= 0.3 is 0 Å². The van der Waals surface area contributed by atoms with Gasteiger partial charge in [0.2, 0.25) is 11.7 Å². The average Bonchev–Trinajstić information content (AvgIpc) is 3.23. The highest BCUT2D eigenvalue weighted by atomic mass is 32.1. The highest BCUT2D eigenvalue weighted by Crippen LogP contribution is 2.22. The Hall–Kier alpha value is -2.67. The topological polar surface area (TPSA) is 80.0 Å². The molecule has 2 aromatic heterocycles. The zero-order valence-electron chi connectivity index (χ0n) is 11.9. The van der Waals surface area contributed by atoms with Gasteiger partial charge in [0.25, 0.3) is 5.91 Å². The first-order chi connectivity index (χ1) is 10.8. The van der Waals surface area contributed by atoms with Gasteiger partial charge in [0.1, 0.15) is 0 Å². The molecule has 0 aliphatic carbocycles. The summed E-state index contributed by atoms with van der Waals surface area (Å²) in [5, 5.41) is 11.7. The summed E-state index contributed by atoms with van der Waals surface area (Å²) in [5.74, 6) is 0.898. The molecule has 7 heteroatoms. The summed E-state index contributed by atoms with van der Waals surface area (Å²) < 4.78 is 5.22. The van der Waals surface area contributed by atoms with Crippen LogP contribution in [0, 0.1) is 0 Å². The molecule has 2 heterocycles. The van der Waals surface area contributed by atoms with E-state index in [2.05, 4.69) is 20.8 Å². The number of carbonyl (C=O) groups excluding carboxylic acids is 1. The first-order valence-corrected chi connectivity index (χ1v) is 7.57. The molecule has 6 nitrogen and oxygen atoms in total. The van der Waals surface area contributed by atoms with Crippen LogP contribution in [0.1, 0.15) is 16.2 Å². The summed E-state index contributed by atoms with van der Waals surface area (Å²) in [5.41, 5.74) is 1.29. The van der Waals surface area contributed by atoms with Crippen LogP contribution in [-0.2, 0) is 6.54 Å². The minimum atomic E-state index is -0.145. The van der Waals surface area contributed by atoms with E-state index >= 15 is 0 Å². The average molecular weight is 314 g/mol. The minimum Gasteiger partial charge on any atom is -0.375 e. The van der Waals surface area contributed by atoms with E-state index in [4.69, 9.17) is 4.52 Å². The van der Waals surface area contributed by atoms with Crippen LogP contribution < -0.4 is 10.6 Å². The Kier molecular flexibility index (Phi) is 4.15. The summed E-state index contributed by atoms with van der Waals surface area (Å²) >= 11 is 1.55. The molecule has 1 aromatic carbocycles. The smallest absolute Gasteiger partial charge is 0.253 e. The molecule has 112 valence electrons. The van der Waals surface area contributed by atoms with Crippen LogP contribution in [0.25, 0.3) is 10.7 Å². The molecule has 0 atom stereocenters. The third kappa shape index (κ3) is 2.99. The quantitative estimate of drug-likeness (QED) is 0.757. The summed E-state index contributed by atoms with van der Waals surface area (Å²) in [6.07, 6.45) is 0. The first kappa shape index (κ1) is 14.3. The molecule has 0 spiro atoms. The number of amides is 1. The van der Waals surface area contributed by atoms with E-state index in [-0.39, 0.29) is 5.91 Å². The fraction of sp³-hybridized carbons (Fsp3) is 0.133. The van der Waals surface area contributed by atoms with Crippen LogP contribution in [0.15, 0.2) is 46.3 Å². The number of aromatic nitrogens is 2. The monoisotopic (exact) mass is 314 g/mol. The largest absolute Gasteiger partial charge is 0.375 e. The normalized spacial score (nSPS) is 10.4. The standard InChI is InChI=1S/C15H14N4O2S/c1-16-15(20)10-5-2-3-6-11(10)17-9-13-18-14(19-21-13)12-7-4-8-22-12/h2-8,17H,9H2,1H3,(H,16,20). The molecule has 0 aliphatic rings. The second-order valence-corrected chi connectivity index (χ2v) is 5.41.